The minimum absolute atomic E-state index is 0.144. The Hall–Kier alpha value is -2.38. The Labute approximate surface area is 134 Å². The molecule has 3 rings (SSSR count). The number of hydrogen-bond donors (Lipinski definition) is 1. The second-order valence-corrected chi connectivity index (χ2v) is 6.96. The molecule has 1 aromatic heterocycles. The van der Waals surface area contributed by atoms with Crippen molar-refractivity contribution in [1.29, 1.82) is 0 Å². The summed E-state index contributed by atoms with van der Waals surface area (Å²) in [5.74, 6) is 0. The SMILES string of the molecule is Cn1c(=O)n(CCNS(=O)(=O)c2ccccc2)c2ccccc21. The van der Waals surface area contributed by atoms with Crippen molar-refractivity contribution in [3.05, 3.63) is 65.1 Å². The molecule has 2 aromatic carbocycles. The number of para-hydroxylation sites is 2. The average Bonchev–Trinajstić information content (AvgIpc) is 2.81. The van der Waals surface area contributed by atoms with E-state index in [1.807, 2.05) is 24.3 Å². The molecule has 0 unspecified atom stereocenters. The minimum atomic E-state index is -3.56. The number of fused-ring (bicyclic) bond motifs is 1. The molecule has 0 spiro atoms. The molecule has 0 saturated carbocycles. The van der Waals surface area contributed by atoms with E-state index in [4.69, 9.17) is 0 Å². The molecule has 0 aliphatic rings. The molecular weight excluding hydrogens is 314 g/mol. The van der Waals surface area contributed by atoms with Crippen LogP contribution in [0.5, 0.6) is 0 Å². The number of benzene rings is 2. The summed E-state index contributed by atoms with van der Waals surface area (Å²) in [6.45, 7) is 0.414. The number of aryl methyl sites for hydroxylation is 1. The fourth-order valence-corrected chi connectivity index (χ4v) is 3.60. The zero-order chi connectivity index (χ0) is 16.4. The van der Waals surface area contributed by atoms with E-state index in [1.54, 1.807) is 34.4 Å². The second-order valence-electron chi connectivity index (χ2n) is 5.19. The molecule has 0 aliphatic heterocycles. The quantitative estimate of drug-likeness (QED) is 0.766. The van der Waals surface area contributed by atoms with E-state index in [1.165, 1.54) is 12.1 Å². The Bertz CT molecular complexity index is 988. The van der Waals surface area contributed by atoms with Crippen LogP contribution in [0.2, 0.25) is 0 Å². The van der Waals surface area contributed by atoms with Gasteiger partial charge in [-0.1, -0.05) is 30.3 Å². The molecule has 0 atom stereocenters. The first-order valence-electron chi connectivity index (χ1n) is 7.20. The van der Waals surface area contributed by atoms with Crippen molar-refractivity contribution in [3.8, 4) is 0 Å². The smallest absolute Gasteiger partial charge is 0.295 e. The first kappa shape index (κ1) is 15.5. The Morgan fingerprint density at radius 1 is 0.957 bits per heavy atom. The van der Waals surface area contributed by atoms with Gasteiger partial charge in [0.2, 0.25) is 10.0 Å². The fraction of sp³-hybridized carbons (Fsp3) is 0.188. The van der Waals surface area contributed by atoms with Gasteiger partial charge in [0.15, 0.2) is 0 Å². The second kappa shape index (κ2) is 6.02. The maximum Gasteiger partial charge on any atom is 0.328 e. The van der Waals surface area contributed by atoms with Crippen molar-refractivity contribution in [2.45, 2.75) is 11.4 Å². The summed E-state index contributed by atoms with van der Waals surface area (Å²) in [5.41, 5.74) is 1.45. The highest BCUT2D eigenvalue weighted by Gasteiger charge is 2.14. The highest BCUT2D eigenvalue weighted by atomic mass is 32.2. The van der Waals surface area contributed by atoms with E-state index in [-0.39, 0.29) is 23.7 Å². The van der Waals surface area contributed by atoms with Crippen molar-refractivity contribution in [3.63, 3.8) is 0 Å². The summed E-state index contributed by atoms with van der Waals surface area (Å²) in [7, 11) is -1.86. The lowest BCUT2D eigenvalue weighted by Gasteiger charge is -2.07. The molecule has 23 heavy (non-hydrogen) atoms. The number of imidazole rings is 1. The highest BCUT2D eigenvalue weighted by Crippen LogP contribution is 2.11. The molecule has 120 valence electrons. The van der Waals surface area contributed by atoms with Gasteiger partial charge in [-0.3, -0.25) is 9.13 Å². The number of hydrogen-bond acceptors (Lipinski definition) is 3. The summed E-state index contributed by atoms with van der Waals surface area (Å²) in [6.07, 6.45) is 0. The van der Waals surface area contributed by atoms with Gasteiger partial charge in [0.05, 0.1) is 15.9 Å². The van der Waals surface area contributed by atoms with Gasteiger partial charge in [-0.05, 0) is 24.3 Å². The van der Waals surface area contributed by atoms with Crippen LogP contribution in [0.4, 0.5) is 0 Å². The number of rotatable bonds is 5. The van der Waals surface area contributed by atoms with Crippen molar-refractivity contribution < 1.29 is 8.42 Å². The van der Waals surface area contributed by atoms with E-state index in [2.05, 4.69) is 4.72 Å². The lowest BCUT2D eigenvalue weighted by Crippen LogP contribution is -2.31. The average molecular weight is 331 g/mol. The van der Waals surface area contributed by atoms with E-state index < -0.39 is 10.0 Å². The lowest BCUT2D eigenvalue weighted by molar-refractivity contribution is 0.571. The molecule has 7 heteroatoms. The largest absolute Gasteiger partial charge is 0.328 e. The zero-order valence-corrected chi connectivity index (χ0v) is 13.5. The molecule has 0 bridgehead atoms. The third-order valence-electron chi connectivity index (χ3n) is 3.73. The summed E-state index contributed by atoms with van der Waals surface area (Å²) >= 11 is 0. The van der Waals surface area contributed by atoms with Crippen LogP contribution in [0.1, 0.15) is 0 Å². The van der Waals surface area contributed by atoms with Crippen LogP contribution in [0, 0.1) is 0 Å². The Morgan fingerprint density at radius 3 is 2.26 bits per heavy atom. The van der Waals surface area contributed by atoms with Crippen LogP contribution < -0.4 is 10.4 Å². The number of aromatic nitrogens is 2. The minimum Gasteiger partial charge on any atom is -0.295 e. The van der Waals surface area contributed by atoms with E-state index in [9.17, 15) is 13.2 Å². The molecule has 0 fully saturated rings. The van der Waals surface area contributed by atoms with E-state index in [0.717, 1.165) is 11.0 Å². The van der Waals surface area contributed by atoms with Gasteiger partial charge in [0, 0.05) is 20.1 Å². The van der Waals surface area contributed by atoms with Gasteiger partial charge in [0.25, 0.3) is 0 Å². The zero-order valence-electron chi connectivity index (χ0n) is 12.6. The molecule has 3 aromatic rings. The topological polar surface area (TPSA) is 73.1 Å². The summed E-state index contributed by atoms with van der Waals surface area (Å²) in [6, 6.07) is 15.6. The number of sulfonamides is 1. The molecule has 1 heterocycles. The van der Waals surface area contributed by atoms with Gasteiger partial charge in [-0.15, -0.1) is 0 Å². The van der Waals surface area contributed by atoms with Crippen molar-refractivity contribution in [2.24, 2.45) is 7.05 Å². The van der Waals surface area contributed by atoms with Gasteiger partial charge in [0.1, 0.15) is 0 Å². The molecular formula is C16H17N3O3S. The highest BCUT2D eigenvalue weighted by molar-refractivity contribution is 7.89. The van der Waals surface area contributed by atoms with Crippen LogP contribution >= 0.6 is 0 Å². The molecule has 0 amide bonds. The molecule has 0 aliphatic carbocycles. The first-order valence-corrected chi connectivity index (χ1v) is 8.68. The maximum absolute atomic E-state index is 12.3. The van der Waals surface area contributed by atoms with Gasteiger partial charge >= 0.3 is 5.69 Å². The maximum atomic E-state index is 12.3. The molecule has 0 saturated heterocycles. The van der Waals surface area contributed by atoms with Gasteiger partial charge in [-0.25, -0.2) is 17.9 Å². The first-order chi connectivity index (χ1) is 11.0. The van der Waals surface area contributed by atoms with E-state index in [0.29, 0.717) is 0 Å². The van der Waals surface area contributed by atoms with Crippen molar-refractivity contribution in [1.82, 2.24) is 13.9 Å². The number of nitrogens with zero attached hydrogens (tertiary/aromatic N) is 2. The predicted molar refractivity (Wildman–Crippen MR) is 88.8 cm³/mol. The Kier molecular flexibility index (Phi) is 4.06. The molecule has 6 nitrogen and oxygen atoms in total. The summed E-state index contributed by atoms with van der Waals surface area (Å²) < 4.78 is 30.0. The van der Waals surface area contributed by atoms with Crippen molar-refractivity contribution in [2.75, 3.05) is 6.54 Å². The molecule has 1 N–H and O–H groups in total. The normalized spacial score (nSPS) is 11.9. The van der Waals surface area contributed by atoms with Crippen LogP contribution in [0.3, 0.4) is 0 Å². The van der Waals surface area contributed by atoms with Crippen molar-refractivity contribution >= 4 is 21.1 Å². The van der Waals surface area contributed by atoms with Gasteiger partial charge < -0.3 is 0 Å². The van der Waals surface area contributed by atoms with Crippen LogP contribution in [-0.2, 0) is 23.6 Å². The molecule has 0 radical (unpaired) electrons. The monoisotopic (exact) mass is 331 g/mol. The summed E-state index contributed by atoms with van der Waals surface area (Å²) in [4.78, 5) is 12.5. The number of nitrogens with one attached hydrogen (secondary N) is 1. The van der Waals surface area contributed by atoms with Crippen LogP contribution in [0.25, 0.3) is 11.0 Å². The lowest BCUT2D eigenvalue weighted by atomic mass is 10.3. The predicted octanol–water partition coefficient (Wildman–Crippen LogP) is 1.32. The van der Waals surface area contributed by atoms with Crippen LogP contribution in [-0.4, -0.2) is 24.1 Å². The summed E-state index contributed by atoms with van der Waals surface area (Å²) in [5, 5.41) is 0. The third-order valence-corrected chi connectivity index (χ3v) is 5.21. The fourth-order valence-electron chi connectivity index (χ4n) is 2.55. The Morgan fingerprint density at radius 2 is 1.57 bits per heavy atom. The van der Waals surface area contributed by atoms with Gasteiger partial charge in [-0.2, -0.15) is 0 Å². The van der Waals surface area contributed by atoms with E-state index >= 15 is 0 Å². The van der Waals surface area contributed by atoms with Crippen LogP contribution in [0.15, 0.2) is 64.3 Å². The standard InChI is InChI=1S/C16H17N3O3S/c1-18-14-9-5-6-10-15(14)19(16(18)20)12-11-17-23(21,22)13-7-3-2-4-8-13/h2-10,17H,11-12H2,1H3. The Balaban J connectivity index is 1.80. The third kappa shape index (κ3) is 2.93.